The molecule has 1 unspecified atom stereocenters. The Morgan fingerprint density at radius 3 is 2.85 bits per heavy atom. The van der Waals surface area contributed by atoms with Crippen LogP contribution >= 0.6 is 0 Å². The summed E-state index contributed by atoms with van der Waals surface area (Å²) in [6, 6.07) is 5.78. The van der Waals surface area contributed by atoms with E-state index >= 15 is 0 Å². The first-order chi connectivity index (χ1) is 12.5. The second kappa shape index (κ2) is 7.38. The molecular formula is C18H21N5O3. The first-order valence-corrected chi connectivity index (χ1v) is 8.52. The van der Waals surface area contributed by atoms with Crippen molar-refractivity contribution < 1.29 is 14.4 Å². The molecule has 0 fully saturated rings. The molecule has 2 heterocycles. The van der Waals surface area contributed by atoms with Gasteiger partial charge in [0.25, 0.3) is 5.91 Å². The summed E-state index contributed by atoms with van der Waals surface area (Å²) < 4.78 is 1.77. The van der Waals surface area contributed by atoms with Gasteiger partial charge in [-0.05, 0) is 25.5 Å². The zero-order valence-electron chi connectivity index (χ0n) is 14.7. The summed E-state index contributed by atoms with van der Waals surface area (Å²) in [6.07, 6.45) is 2.53. The van der Waals surface area contributed by atoms with Crippen molar-refractivity contribution >= 4 is 29.1 Å². The molecule has 3 rings (SSSR count). The third-order valence-corrected chi connectivity index (χ3v) is 4.11. The van der Waals surface area contributed by atoms with Gasteiger partial charge in [-0.15, -0.1) is 0 Å². The number of nitrogens with zero attached hydrogens (tertiary/aromatic N) is 2. The Balaban J connectivity index is 1.68. The zero-order chi connectivity index (χ0) is 18.7. The predicted octanol–water partition coefficient (Wildman–Crippen LogP) is 1.68. The molecule has 0 saturated carbocycles. The van der Waals surface area contributed by atoms with E-state index in [1.807, 2.05) is 6.92 Å². The van der Waals surface area contributed by atoms with Crippen molar-refractivity contribution in [1.29, 1.82) is 0 Å². The molecule has 0 spiro atoms. The Hall–Kier alpha value is -3.16. The van der Waals surface area contributed by atoms with Crippen molar-refractivity contribution in [2.24, 2.45) is 0 Å². The molecule has 0 bridgehead atoms. The van der Waals surface area contributed by atoms with Crippen molar-refractivity contribution in [1.82, 2.24) is 15.1 Å². The van der Waals surface area contributed by atoms with Crippen molar-refractivity contribution in [2.45, 2.75) is 39.3 Å². The van der Waals surface area contributed by atoms with Gasteiger partial charge in [-0.1, -0.05) is 19.1 Å². The Labute approximate surface area is 151 Å². The van der Waals surface area contributed by atoms with Gasteiger partial charge < -0.3 is 16.0 Å². The lowest BCUT2D eigenvalue weighted by Crippen LogP contribution is -2.43. The van der Waals surface area contributed by atoms with Crippen molar-refractivity contribution in [2.75, 3.05) is 10.6 Å². The van der Waals surface area contributed by atoms with E-state index < -0.39 is 11.9 Å². The lowest BCUT2D eigenvalue weighted by molar-refractivity contribution is -0.122. The van der Waals surface area contributed by atoms with Crippen LogP contribution in [0.4, 0.5) is 11.4 Å². The molecule has 1 aliphatic rings. The van der Waals surface area contributed by atoms with Crippen molar-refractivity contribution in [3.8, 4) is 0 Å². The highest BCUT2D eigenvalue weighted by Gasteiger charge is 2.29. The Bertz CT molecular complexity index is 858. The van der Waals surface area contributed by atoms with Gasteiger partial charge in [-0.2, -0.15) is 5.10 Å². The highest BCUT2D eigenvalue weighted by atomic mass is 16.2. The molecule has 0 aliphatic carbocycles. The van der Waals surface area contributed by atoms with Gasteiger partial charge in [-0.3, -0.25) is 19.1 Å². The maximum absolute atomic E-state index is 12.4. The number of hydrogen-bond acceptors (Lipinski definition) is 4. The fourth-order valence-corrected chi connectivity index (χ4v) is 2.83. The number of amides is 3. The fraction of sp³-hybridized carbons (Fsp3) is 0.333. The number of hydrogen-bond donors (Lipinski definition) is 3. The van der Waals surface area contributed by atoms with Gasteiger partial charge in [0, 0.05) is 12.7 Å². The molecule has 1 aliphatic heterocycles. The van der Waals surface area contributed by atoms with Crippen LogP contribution < -0.4 is 16.0 Å². The lowest BCUT2D eigenvalue weighted by Gasteiger charge is -2.14. The topological polar surface area (TPSA) is 105 Å². The Morgan fingerprint density at radius 1 is 1.31 bits per heavy atom. The molecule has 2 aromatic rings. The summed E-state index contributed by atoms with van der Waals surface area (Å²) >= 11 is 0. The van der Waals surface area contributed by atoms with E-state index in [2.05, 4.69) is 21.0 Å². The predicted molar refractivity (Wildman–Crippen MR) is 96.8 cm³/mol. The van der Waals surface area contributed by atoms with Gasteiger partial charge in [-0.25, -0.2) is 0 Å². The largest absolute Gasteiger partial charge is 0.340 e. The number of fused-ring (bicyclic) bond motifs is 1. The number of nitrogens with one attached hydrogen (secondary N) is 3. The highest BCUT2D eigenvalue weighted by molar-refractivity contribution is 6.11. The van der Waals surface area contributed by atoms with Gasteiger partial charge in [0.2, 0.25) is 11.8 Å². The average molecular weight is 355 g/mol. The number of aromatic nitrogens is 2. The van der Waals surface area contributed by atoms with E-state index in [-0.39, 0.29) is 18.2 Å². The lowest BCUT2D eigenvalue weighted by atomic mass is 10.1. The van der Waals surface area contributed by atoms with E-state index in [1.54, 1.807) is 42.1 Å². The molecule has 1 aromatic heterocycles. The summed E-state index contributed by atoms with van der Waals surface area (Å²) in [6.45, 7) is 4.61. The van der Waals surface area contributed by atoms with Gasteiger partial charge in [0.05, 0.1) is 29.1 Å². The first-order valence-electron chi connectivity index (χ1n) is 8.52. The van der Waals surface area contributed by atoms with Crippen LogP contribution in [0.15, 0.2) is 30.5 Å². The molecular weight excluding hydrogens is 334 g/mol. The smallest absolute Gasteiger partial charge is 0.254 e. The van der Waals surface area contributed by atoms with Crippen LogP contribution in [0.2, 0.25) is 0 Å². The third-order valence-electron chi connectivity index (χ3n) is 4.11. The zero-order valence-corrected chi connectivity index (χ0v) is 14.7. The minimum absolute atomic E-state index is 0.163. The third kappa shape index (κ3) is 3.74. The summed E-state index contributed by atoms with van der Waals surface area (Å²) in [5, 5.41) is 12.4. The average Bonchev–Trinajstić information content (AvgIpc) is 2.88. The van der Waals surface area contributed by atoms with Crippen LogP contribution in [0, 0.1) is 6.92 Å². The molecule has 0 saturated heterocycles. The Kier molecular flexibility index (Phi) is 5.01. The molecule has 3 N–H and O–H groups in total. The monoisotopic (exact) mass is 355 g/mol. The molecule has 136 valence electrons. The number of carbonyl (C=O) groups excluding carboxylic acids is 3. The molecule has 26 heavy (non-hydrogen) atoms. The minimum atomic E-state index is -0.944. The van der Waals surface area contributed by atoms with Crippen LogP contribution in [-0.4, -0.2) is 33.5 Å². The van der Waals surface area contributed by atoms with Crippen LogP contribution in [0.3, 0.4) is 0 Å². The fourth-order valence-electron chi connectivity index (χ4n) is 2.83. The minimum Gasteiger partial charge on any atom is -0.340 e. The number of rotatable bonds is 5. The number of anilines is 2. The summed E-state index contributed by atoms with van der Waals surface area (Å²) in [4.78, 5) is 37.0. The molecule has 1 atom stereocenters. The SMILES string of the molecule is CCCn1cc(NC(=O)CC2NC(=O)c3ccccc3NC2=O)c(C)n1. The summed E-state index contributed by atoms with van der Waals surface area (Å²) in [5.41, 5.74) is 2.12. The van der Waals surface area contributed by atoms with E-state index in [0.717, 1.165) is 13.0 Å². The van der Waals surface area contributed by atoms with Crippen LogP contribution in [0.1, 0.15) is 35.8 Å². The van der Waals surface area contributed by atoms with Gasteiger partial charge >= 0.3 is 0 Å². The quantitative estimate of drug-likeness (QED) is 0.759. The van der Waals surface area contributed by atoms with E-state index in [0.29, 0.717) is 22.6 Å². The normalized spacial score (nSPS) is 16.3. The summed E-state index contributed by atoms with van der Waals surface area (Å²) in [5.74, 6) is -1.17. The van der Waals surface area contributed by atoms with Crippen LogP contribution in [0.25, 0.3) is 0 Å². The highest BCUT2D eigenvalue weighted by Crippen LogP contribution is 2.19. The second-order valence-electron chi connectivity index (χ2n) is 6.20. The summed E-state index contributed by atoms with van der Waals surface area (Å²) in [7, 11) is 0. The van der Waals surface area contributed by atoms with Crippen molar-refractivity contribution in [3.63, 3.8) is 0 Å². The Morgan fingerprint density at radius 2 is 2.08 bits per heavy atom. The standard InChI is InChI=1S/C18H21N5O3/c1-3-8-23-10-15(11(2)22-23)19-16(24)9-14-18(26)20-13-7-5-4-6-12(13)17(25)21-14/h4-7,10,14H,3,8-9H2,1-2H3,(H,19,24)(H,20,26)(H,21,25). The molecule has 0 radical (unpaired) electrons. The first kappa shape index (κ1) is 17.7. The van der Waals surface area contributed by atoms with Gasteiger partial charge in [0.15, 0.2) is 0 Å². The van der Waals surface area contributed by atoms with E-state index in [1.165, 1.54) is 0 Å². The van der Waals surface area contributed by atoms with Crippen LogP contribution in [-0.2, 0) is 16.1 Å². The number of benzene rings is 1. The van der Waals surface area contributed by atoms with Crippen LogP contribution in [0.5, 0.6) is 0 Å². The number of aryl methyl sites for hydroxylation is 2. The molecule has 8 nitrogen and oxygen atoms in total. The van der Waals surface area contributed by atoms with Crippen molar-refractivity contribution in [3.05, 3.63) is 41.7 Å². The van der Waals surface area contributed by atoms with Gasteiger partial charge in [0.1, 0.15) is 6.04 Å². The number of carbonyl (C=O) groups is 3. The van der Waals surface area contributed by atoms with E-state index in [4.69, 9.17) is 0 Å². The molecule has 8 heteroatoms. The number of para-hydroxylation sites is 1. The molecule has 3 amide bonds. The maximum atomic E-state index is 12.4. The molecule has 1 aromatic carbocycles. The van der Waals surface area contributed by atoms with E-state index in [9.17, 15) is 14.4 Å². The second-order valence-corrected chi connectivity index (χ2v) is 6.20. The maximum Gasteiger partial charge on any atom is 0.254 e.